The van der Waals surface area contributed by atoms with Gasteiger partial charge in [-0.25, -0.2) is 9.97 Å². The molecule has 2 aromatic rings. The number of hydrogen-bond donors (Lipinski definition) is 1. The van der Waals surface area contributed by atoms with Crippen molar-refractivity contribution in [3.05, 3.63) is 17.1 Å². The minimum Gasteiger partial charge on any atom is -0.383 e. The van der Waals surface area contributed by atoms with E-state index in [1.807, 2.05) is 6.92 Å². The Kier molecular flexibility index (Phi) is 3.28. The molecule has 0 aromatic carbocycles. The summed E-state index contributed by atoms with van der Waals surface area (Å²) in [6.45, 7) is 10.6. The summed E-state index contributed by atoms with van der Waals surface area (Å²) in [6.07, 6.45) is 2.20. The van der Waals surface area contributed by atoms with Gasteiger partial charge in [-0.3, -0.25) is 0 Å². The fourth-order valence-corrected chi connectivity index (χ4v) is 2.73. The molecule has 2 heterocycles. The van der Waals surface area contributed by atoms with E-state index in [2.05, 4.69) is 42.2 Å². The van der Waals surface area contributed by atoms with Crippen LogP contribution in [0.4, 0.5) is 5.82 Å². The van der Waals surface area contributed by atoms with Crippen LogP contribution in [0.5, 0.6) is 0 Å². The second kappa shape index (κ2) is 4.59. The Hall–Kier alpha value is -1.58. The van der Waals surface area contributed by atoms with Gasteiger partial charge >= 0.3 is 0 Å². The molecule has 0 atom stereocenters. The molecule has 0 saturated carbocycles. The van der Waals surface area contributed by atoms with E-state index in [1.165, 1.54) is 11.3 Å². The van der Waals surface area contributed by atoms with Gasteiger partial charge < -0.3 is 10.3 Å². The van der Waals surface area contributed by atoms with Gasteiger partial charge in [0.05, 0.1) is 5.39 Å². The van der Waals surface area contributed by atoms with Crippen LogP contribution in [0.2, 0.25) is 0 Å². The minimum absolute atomic E-state index is 0.481. The predicted octanol–water partition coefficient (Wildman–Crippen LogP) is 3.30. The molecule has 0 amide bonds. The average molecular weight is 246 g/mol. The molecule has 0 fully saturated rings. The fraction of sp³-hybridized carbons (Fsp3) is 0.571. The van der Waals surface area contributed by atoms with E-state index in [-0.39, 0.29) is 0 Å². The Morgan fingerprint density at radius 1 is 1.11 bits per heavy atom. The van der Waals surface area contributed by atoms with Crippen molar-refractivity contribution < 1.29 is 0 Å². The fourth-order valence-electron chi connectivity index (χ4n) is 2.73. The summed E-state index contributed by atoms with van der Waals surface area (Å²) < 4.78 is 2.33. The van der Waals surface area contributed by atoms with Crippen molar-refractivity contribution in [2.24, 2.45) is 0 Å². The van der Waals surface area contributed by atoms with Crippen LogP contribution in [-0.4, -0.2) is 14.5 Å². The van der Waals surface area contributed by atoms with Crippen LogP contribution >= 0.6 is 0 Å². The maximum atomic E-state index is 6.06. The van der Waals surface area contributed by atoms with Gasteiger partial charge in [0.15, 0.2) is 0 Å². The van der Waals surface area contributed by atoms with Gasteiger partial charge in [0.1, 0.15) is 17.3 Å². The molecular weight excluding hydrogens is 224 g/mol. The molecule has 0 bridgehead atoms. The first-order chi connectivity index (χ1) is 8.51. The monoisotopic (exact) mass is 246 g/mol. The Balaban J connectivity index is 2.84. The van der Waals surface area contributed by atoms with E-state index in [4.69, 9.17) is 5.73 Å². The molecule has 4 nitrogen and oxygen atoms in total. The first-order valence-corrected chi connectivity index (χ1v) is 6.62. The highest BCUT2D eigenvalue weighted by atomic mass is 15.1. The van der Waals surface area contributed by atoms with Crippen molar-refractivity contribution in [3.8, 4) is 0 Å². The average Bonchev–Trinajstić information content (AvgIpc) is 2.55. The molecule has 18 heavy (non-hydrogen) atoms. The zero-order valence-corrected chi connectivity index (χ0v) is 11.9. The summed E-state index contributed by atoms with van der Waals surface area (Å²) in [5.74, 6) is 1.34. The maximum absolute atomic E-state index is 6.06. The van der Waals surface area contributed by atoms with E-state index in [0.29, 0.717) is 11.9 Å². The number of nitrogen functional groups attached to an aromatic ring is 1. The third-order valence-electron chi connectivity index (χ3n) is 3.84. The van der Waals surface area contributed by atoms with Crippen LogP contribution in [0.1, 0.15) is 49.8 Å². The number of rotatable bonds is 3. The van der Waals surface area contributed by atoms with Crippen LogP contribution in [-0.2, 0) is 0 Å². The molecule has 0 spiro atoms. The molecule has 0 unspecified atom stereocenters. The largest absolute Gasteiger partial charge is 0.383 e. The van der Waals surface area contributed by atoms with E-state index in [9.17, 15) is 0 Å². The van der Waals surface area contributed by atoms with Crippen molar-refractivity contribution in [1.82, 2.24) is 14.5 Å². The second-order valence-corrected chi connectivity index (χ2v) is 4.91. The third-order valence-corrected chi connectivity index (χ3v) is 3.84. The lowest BCUT2D eigenvalue weighted by molar-refractivity contribution is 0.474. The van der Waals surface area contributed by atoms with Gasteiger partial charge in [0.2, 0.25) is 0 Å². The summed E-state index contributed by atoms with van der Waals surface area (Å²) >= 11 is 0. The molecule has 4 heteroatoms. The highest BCUT2D eigenvalue weighted by Crippen LogP contribution is 2.32. The topological polar surface area (TPSA) is 56.7 Å². The molecule has 98 valence electrons. The number of aryl methyl sites for hydroxylation is 2. The van der Waals surface area contributed by atoms with Crippen molar-refractivity contribution in [2.75, 3.05) is 5.73 Å². The Morgan fingerprint density at radius 3 is 2.28 bits per heavy atom. The molecule has 0 aliphatic carbocycles. The third kappa shape index (κ3) is 1.76. The molecule has 2 aromatic heterocycles. The standard InChI is InChI=1S/C14H22N4/c1-6-11(7-2)18-9(4)8(3)12-13(15)16-10(5)17-14(12)18/h11H,6-7H2,1-5H3,(H2,15,16,17). The Labute approximate surface area is 108 Å². The van der Waals surface area contributed by atoms with Crippen LogP contribution in [0.15, 0.2) is 0 Å². The van der Waals surface area contributed by atoms with Crippen LogP contribution in [0.3, 0.4) is 0 Å². The SMILES string of the molecule is CCC(CC)n1c(C)c(C)c2c(N)nc(C)nc21. The van der Waals surface area contributed by atoms with E-state index in [0.717, 1.165) is 29.7 Å². The number of aromatic nitrogens is 3. The number of hydrogen-bond acceptors (Lipinski definition) is 3. The number of nitrogens with zero attached hydrogens (tertiary/aromatic N) is 3. The van der Waals surface area contributed by atoms with Crippen LogP contribution in [0, 0.1) is 20.8 Å². The van der Waals surface area contributed by atoms with E-state index in [1.54, 1.807) is 0 Å². The highest BCUT2D eigenvalue weighted by molar-refractivity contribution is 5.91. The molecule has 0 aliphatic rings. The van der Waals surface area contributed by atoms with Crippen molar-refractivity contribution >= 4 is 16.9 Å². The number of fused-ring (bicyclic) bond motifs is 1. The van der Waals surface area contributed by atoms with E-state index >= 15 is 0 Å². The summed E-state index contributed by atoms with van der Waals surface area (Å²) in [5.41, 5.74) is 9.51. The minimum atomic E-state index is 0.481. The van der Waals surface area contributed by atoms with Gasteiger partial charge in [-0.1, -0.05) is 13.8 Å². The lowest BCUT2D eigenvalue weighted by atomic mass is 10.1. The first-order valence-electron chi connectivity index (χ1n) is 6.62. The molecular formula is C14H22N4. The van der Waals surface area contributed by atoms with Crippen molar-refractivity contribution in [1.29, 1.82) is 0 Å². The van der Waals surface area contributed by atoms with Crippen molar-refractivity contribution in [3.63, 3.8) is 0 Å². The Bertz CT molecular complexity index is 579. The smallest absolute Gasteiger partial charge is 0.146 e. The molecule has 0 radical (unpaired) electrons. The normalized spacial score (nSPS) is 11.7. The Morgan fingerprint density at radius 2 is 1.72 bits per heavy atom. The van der Waals surface area contributed by atoms with Gasteiger partial charge in [-0.05, 0) is 39.2 Å². The van der Waals surface area contributed by atoms with Gasteiger partial charge in [0, 0.05) is 11.7 Å². The van der Waals surface area contributed by atoms with Crippen LogP contribution in [0.25, 0.3) is 11.0 Å². The van der Waals surface area contributed by atoms with E-state index < -0.39 is 0 Å². The summed E-state index contributed by atoms with van der Waals surface area (Å²) in [4.78, 5) is 8.89. The lowest BCUT2D eigenvalue weighted by Crippen LogP contribution is -2.10. The predicted molar refractivity (Wildman–Crippen MR) is 75.8 cm³/mol. The zero-order valence-electron chi connectivity index (χ0n) is 11.9. The molecule has 0 saturated heterocycles. The quantitative estimate of drug-likeness (QED) is 0.904. The summed E-state index contributed by atoms with van der Waals surface area (Å²) in [7, 11) is 0. The number of nitrogens with two attached hydrogens (primary N) is 1. The maximum Gasteiger partial charge on any atom is 0.146 e. The van der Waals surface area contributed by atoms with Crippen molar-refractivity contribution in [2.45, 2.75) is 53.5 Å². The summed E-state index contributed by atoms with van der Waals surface area (Å²) in [5, 5.41) is 1.02. The molecule has 2 rings (SSSR count). The summed E-state index contributed by atoms with van der Waals surface area (Å²) in [6, 6.07) is 0.481. The molecule has 2 N–H and O–H groups in total. The zero-order chi connectivity index (χ0) is 13.4. The van der Waals surface area contributed by atoms with Gasteiger partial charge in [-0.15, -0.1) is 0 Å². The van der Waals surface area contributed by atoms with Gasteiger partial charge in [-0.2, -0.15) is 0 Å². The first kappa shape index (κ1) is 12.9. The highest BCUT2D eigenvalue weighted by Gasteiger charge is 2.19. The number of anilines is 1. The van der Waals surface area contributed by atoms with Crippen LogP contribution < -0.4 is 5.73 Å². The second-order valence-electron chi connectivity index (χ2n) is 4.91. The lowest BCUT2D eigenvalue weighted by Gasteiger charge is -2.18. The molecule has 0 aliphatic heterocycles. The van der Waals surface area contributed by atoms with Gasteiger partial charge in [0.25, 0.3) is 0 Å².